The Kier molecular flexibility index (Phi) is 9.06. The number of fused-ring (bicyclic) bond motifs is 1. The first kappa shape index (κ1) is 30.4. The minimum atomic E-state index is -3.64. The molecule has 4 aromatic rings. The normalized spacial score (nSPS) is 12.5. The lowest BCUT2D eigenvalue weighted by atomic mass is 10.1. The Labute approximate surface area is 246 Å². The van der Waals surface area contributed by atoms with Gasteiger partial charge in [0.2, 0.25) is 5.91 Å². The molecule has 1 amide bonds. The first-order chi connectivity index (χ1) is 19.8. The second kappa shape index (κ2) is 12.5. The first-order valence-electron chi connectivity index (χ1n) is 13.4. The van der Waals surface area contributed by atoms with Crippen molar-refractivity contribution in [3.05, 3.63) is 101 Å². The molecule has 0 saturated carbocycles. The number of nitrogens with zero attached hydrogens (tertiary/aromatic N) is 3. The Morgan fingerprint density at radius 1 is 1.00 bits per heavy atom. The second-order valence-corrected chi connectivity index (χ2v) is 13.0. The third-order valence-corrected chi connectivity index (χ3v) is 7.93. The van der Waals surface area contributed by atoms with Crippen LogP contribution in [0.1, 0.15) is 43.2 Å². The summed E-state index contributed by atoms with van der Waals surface area (Å²) in [5.74, 6) is 0.655. The molecular formula is C32H35N5O4S. The van der Waals surface area contributed by atoms with Gasteiger partial charge in [0, 0.05) is 35.9 Å². The number of sulfone groups is 1. The number of benzene rings is 2. The van der Waals surface area contributed by atoms with Crippen LogP contribution in [0.3, 0.4) is 0 Å². The summed E-state index contributed by atoms with van der Waals surface area (Å²) >= 11 is 0. The van der Waals surface area contributed by atoms with E-state index < -0.39 is 9.84 Å². The van der Waals surface area contributed by atoms with Gasteiger partial charge in [-0.25, -0.2) is 8.42 Å². The van der Waals surface area contributed by atoms with E-state index in [1.807, 2.05) is 46.8 Å². The van der Waals surface area contributed by atoms with Crippen LogP contribution in [0.4, 0.5) is 0 Å². The van der Waals surface area contributed by atoms with Gasteiger partial charge in [0.15, 0.2) is 9.84 Å². The van der Waals surface area contributed by atoms with E-state index in [9.17, 15) is 13.2 Å². The van der Waals surface area contributed by atoms with Crippen LogP contribution < -0.4 is 15.8 Å². The lowest BCUT2D eigenvalue weighted by molar-refractivity contribution is -0.119. The zero-order valence-corrected chi connectivity index (χ0v) is 25.2. The number of aromatic nitrogens is 2. The molecule has 0 aliphatic rings. The lowest BCUT2D eigenvalue weighted by Gasteiger charge is -2.14. The maximum Gasteiger partial charge on any atom is 0.228 e. The number of nitrogens with one attached hydrogen (secondary N) is 1. The monoisotopic (exact) mass is 585 g/mol. The Morgan fingerprint density at radius 3 is 2.43 bits per heavy atom. The van der Waals surface area contributed by atoms with Gasteiger partial charge in [-0.15, -0.1) is 0 Å². The standard InChI is InChI=1S/C32H35N5O4S/c1-21-14-23(15-31(38)37-25(17-33)19-36-32(3,4)5)8-11-29(21)41-30-12-13-34-28-10-9-26(16-27(28)30)42(39,40)20-24-7-6-22(2)35-18-24/h6-14,16-19H,15,20,33H2,1-5H3,(H,37,38)/b25-17+,36-19?. The summed E-state index contributed by atoms with van der Waals surface area (Å²) in [6.45, 7) is 9.58. The van der Waals surface area contributed by atoms with Crippen LogP contribution in [0.5, 0.6) is 11.5 Å². The maximum absolute atomic E-state index is 13.2. The van der Waals surface area contributed by atoms with Crippen LogP contribution in [0.2, 0.25) is 0 Å². The Balaban J connectivity index is 1.52. The number of allylic oxidation sites excluding steroid dienone is 1. The number of nitrogens with two attached hydrogens (primary N) is 1. The molecule has 9 nitrogen and oxygen atoms in total. The number of hydrogen-bond acceptors (Lipinski definition) is 8. The molecule has 2 aromatic carbocycles. The molecule has 3 N–H and O–H groups in total. The minimum Gasteiger partial charge on any atom is -0.456 e. The van der Waals surface area contributed by atoms with E-state index >= 15 is 0 Å². The van der Waals surface area contributed by atoms with Gasteiger partial charge in [-0.1, -0.05) is 18.2 Å². The summed E-state index contributed by atoms with van der Waals surface area (Å²) in [4.78, 5) is 25.7. The fourth-order valence-electron chi connectivity index (χ4n) is 4.09. The number of carbonyl (C=O) groups excluding carboxylic acids is 1. The van der Waals surface area contributed by atoms with Crippen molar-refractivity contribution in [3.63, 3.8) is 0 Å². The van der Waals surface area contributed by atoms with Crippen molar-refractivity contribution in [2.75, 3.05) is 0 Å². The maximum atomic E-state index is 13.2. The third kappa shape index (κ3) is 8.01. The number of hydrogen-bond donors (Lipinski definition) is 2. The van der Waals surface area contributed by atoms with E-state index in [4.69, 9.17) is 10.5 Å². The van der Waals surface area contributed by atoms with Crippen LogP contribution in [0, 0.1) is 13.8 Å². The van der Waals surface area contributed by atoms with E-state index in [0.29, 0.717) is 33.7 Å². The smallest absolute Gasteiger partial charge is 0.228 e. The Morgan fingerprint density at radius 2 is 1.76 bits per heavy atom. The van der Waals surface area contributed by atoms with Crippen LogP contribution >= 0.6 is 0 Å². The van der Waals surface area contributed by atoms with Crippen LogP contribution in [-0.2, 0) is 26.8 Å². The van der Waals surface area contributed by atoms with Crippen molar-refractivity contribution in [2.24, 2.45) is 10.7 Å². The topological polar surface area (TPSA) is 137 Å². The number of aryl methyl sites for hydroxylation is 2. The Bertz CT molecular complexity index is 1770. The van der Waals surface area contributed by atoms with Gasteiger partial charge in [0.05, 0.1) is 33.8 Å². The summed E-state index contributed by atoms with van der Waals surface area (Å²) in [7, 11) is -3.64. The molecule has 0 aliphatic heterocycles. The SMILES string of the molecule is Cc1ccc(CS(=O)(=O)c2ccc3nccc(Oc4ccc(CC(=O)N/C(C=NC(C)(C)C)=C/N)cc4C)c3c2)cn1. The van der Waals surface area contributed by atoms with Gasteiger partial charge in [-0.2, -0.15) is 0 Å². The zero-order chi connectivity index (χ0) is 30.5. The summed E-state index contributed by atoms with van der Waals surface area (Å²) in [5, 5.41) is 3.34. The highest BCUT2D eigenvalue weighted by atomic mass is 32.2. The van der Waals surface area contributed by atoms with Crippen molar-refractivity contribution in [1.29, 1.82) is 0 Å². The number of aliphatic imine (C=N–C) groups is 1. The average Bonchev–Trinajstić information content (AvgIpc) is 2.93. The van der Waals surface area contributed by atoms with Crippen molar-refractivity contribution in [2.45, 2.75) is 57.2 Å². The number of amides is 1. The molecule has 42 heavy (non-hydrogen) atoms. The zero-order valence-electron chi connectivity index (χ0n) is 24.4. The number of pyridine rings is 2. The van der Waals surface area contributed by atoms with Crippen molar-refractivity contribution < 1.29 is 17.9 Å². The summed E-state index contributed by atoms with van der Waals surface area (Å²) in [5.41, 5.74) is 9.42. The lowest BCUT2D eigenvalue weighted by Crippen LogP contribution is -2.26. The molecule has 0 atom stereocenters. The fraction of sp³-hybridized carbons (Fsp3) is 0.250. The number of rotatable bonds is 9. The molecular weight excluding hydrogens is 550 g/mol. The Hall–Kier alpha value is -4.57. The fourth-order valence-corrected chi connectivity index (χ4v) is 5.44. The van der Waals surface area contributed by atoms with Crippen molar-refractivity contribution in [1.82, 2.24) is 15.3 Å². The predicted molar refractivity (Wildman–Crippen MR) is 165 cm³/mol. The molecule has 0 spiro atoms. The predicted octanol–water partition coefficient (Wildman–Crippen LogP) is 5.34. The largest absolute Gasteiger partial charge is 0.456 e. The molecule has 0 bridgehead atoms. The van der Waals surface area contributed by atoms with Gasteiger partial charge in [-0.3, -0.25) is 19.8 Å². The molecule has 0 radical (unpaired) electrons. The van der Waals surface area contributed by atoms with E-state index in [2.05, 4.69) is 20.3 Å². The highest BCUT2D eigenvalue weighted by Crippen LogP contribution is 2.33. The van der Waals surface area contributed by atoms with Crippen LogP contribution in [0.15, 0.2) is 88.8 Å². The molecule has 0 aliphatic carbocycles. The minimum absolute atomic E-state index is 0.137. The van der Waals surface area contributed by atoms with Crippen LogP contribution in [0.25, 0.3) is 10.9 Å². The molecule has 218 valence electrons. The summed E-state index contributed by atoms with van der Waals surface area (Å²) in [6.07, 6.45) is 6.19. The van der Waals surface area contributed by atoms with Crippen LogP contribution in [-0.4, -0.2) is 36.0 Å². The second-order valence-electron chi connectivity index (χ2n) is 11.0. The van der Waals surface area contributed by atoms with Crippen molar-refractivity contribution >= 4 is 32.9 Å². The molecule has 0 saturated heterocycles. The highest BCUT2D eigenvalue weighted by Gasteiger charge is 2.18. The molecule has 2 heterocycles. The molecule has 0 fully saturated rings. The molecule has 10 heteroatoms. The quantitative estimate of drug-likeness (QED) is 0.253. The summed E-state index contributed by atoms with van der Waals surface area (Å²) in [6, 6.07) is 15.5. The van der Waals surface area contributed by atoms with Crippen molar-refractivity contribution in [3.8, 4) is 11.5 Å². The van der Waals surface area contributed by atoms with Gasteiger partial charge in [-0.05, 0) is 87.7 Å². The first-order valence-corrected chi connectivity index (χ1v) is 15.1. The number of ether oxygens (including phenoxy) is 1. The summed E-state index contributed by atoms with van der Waals surface area (Å²) < 4.78 is 32.7. The van der Waals surface area contributed by atoms with E-state index in [0.717, 1.165) is 16.8 Å². The van der Waals surface area contributed by atoms with Gasteiger partial charge in [0.25, 0.3) is 0 Å². The van der Waals surface area contributed by atoms with E-state index in [-0.39, 0.29) is 28.5 Å². The van der Waals surface area contributed by atoms with Gasteiger partial charge >= 0.3 is 0 Å². The highest BCUT2D eigenvalue weighted by molar-refractivity contribution is 7.90. The molecule has 4 rings (SSSR count). The van der Waals surface area contributed by atoms with E-state index in [1.165, 1.54) is 6.20 Å². The molecule has 0 unspecified atom stereocenters. The molecule has 2 aromatic heterocycles. The third-order valence-electron chi connectivity index (χ3n) is 6.24. The average molecular weight is 586 g/mol. The van der Waals surface area contributed by atoms with E-state index in [1.54, 1.807) is 61.1 Å². The van der Waals surface area contributed by atoms with Gasteiger partial charge in [0.1, 0.15) is 11.5 Å². The van der Waals surface area contributed by atoms with Gasteiger partial charge < -0.3 is 15.8 Å². The number of carbonyl (C=O) groups is 1.